The lowest BCUT2D eigenvalue weighted by atomic mass is 10.2. The molecule has 2 rings (SSSR count). The van der Waals surface area contributed by atoms with Crippen molar-refractivity contribution in [3.8, 4) is 5.69 Å². The van der Waals surface area contributed by atoms with Crippen molar-refractivity contribution in [1.29, 1.82) is 0 Å². The van der Waals surface area contributed by atoms with E-state index in [9.17, 15) is 10.1 Å². The lowest BCUT2D eigenvalue weighted by Gasteiger charge is -2.02. The van der Waals surface area contributed by atoms with Crippen LogP contribution >= 0.6 is 11.6 Å². The van der Waals surface area contributed by atoms with E-state index in [1.807, 2.05) is 0 Å². The average molecular weight is 268 g/mol. The van der Waals surface area contributed by atoms with Crippen molar-refractivity contribution in [3.63, 3.8) is 0 Å². The Bertz CT molecular complexity index is 583. The maximum atomic E-state index is 10.9. The van der Waals surface area contributed by atoms with E-state index in [2.05, 4.69) is 10.3 Å². The van der Waals surface area contributed by atoms with Gasteiger partial charge in [-0.15, -0.1) is 5.10 Å². The molecule has 1 aromatic carbocycles. The highest BCUT2D eigenvalue weighted by molar-refractivity contribution is 6.30. The third-order valence-corrected chi connectivity index (χ3v) is 2.56. The monoisotopic (exact) mass is 267 g/mol. The second-order valence-corrected chi connectivity index (χ2v) is 4.02. The van der Waals surface area contributed by atoms with Gasteiger partial charge in [0, 0.05) is 17.5 Å². The molecular formula is C10H10ClN5O2. The zero-order chi connectivity index (χ0) is 13.1. The highest BCUT2D eigenvalue weighted by atomic mass is 35.5. The van der Waals surface area contributed by atoms with Gasteiger partial charge in [-0.3, -0.25) is 10.1 Å². The second kappa shape index (κ2) is 5.11. The minimum Gasteiger partial charge on any atom is -0.330 e. The van der Waals surface area contributed by atoms with E-state index in [0.29, 0.717) is 23.7 Å². The molecule has 0 fully saturated rings. The molecule has 0 spiro atoms. The van der Waals surface area contributed by atoms with Crippen LogP contribution in [0.3, 0.4) is 0 Å². The highest BCUT2D eigenvalue weighted by Crippen LogP contribution is 2.25. The van der Waals surface area contributed by atoms with Crippen LogP contribution in [-0.4, -0.2) is 26.5 Å². The Morgan fingerprint density at radius 2 is 2.28 bits per heavy atom. The Morgan fingerprint density at radius 1 is 1.50 bits per heavy atom. The lowest BCUT2D eigenvalue weighted by molar-refractivity contribution is -0.384. The average Bonchev–Trinajstić information content (AvgIpc) is 2.77. The quantitative estimate of drug-likeness (QED) is 0.665. The molecular weight excluding hydrogens is 258 g/mol. The van der Waals surface area contributed by atoms with Gasteiger partial charge in [-0.05, 0) is 18.7 Å². The number of nitro groups is 1. The van der Waals surface area contributed by atoms with Crippen LogP contribution in [0.5, 0.6) is 0 Å². The summed E-state index contributed by atoms with van der Waals surface area (Å²) in [5, 5.41) is 19.0. The van der Waals surface area contributed by atoms with E-state index in [0.717, 1.165) is 0 Å². The summed E-state index contributed by atoms with van der Waals surface area (Å²) >= 11 is 5.84. The van der Waals surface area contributed by atoms with Crippen molar-refractivity contribution in [2.45, 2.75) is 6.42 Å². The molecule has 0 atom stereocenters. The summed E-state index contributed by atoms with van der Waals surface area (Å²) in [5.74, 6) is 0. The molecule has 0 saturated heterocycles. The van der Waals surface area contributed by atoms with Crippen molar-refractivity contribution in [2.75, 3.05) is 6.54 Å². The van der Waals surface area contributed by atoms with Gasteiger partial charge in [0.15, 0.2) is 0 Å². The van der Waals surface area contributed by atoms with Crippen LogP contribution in [0.2, 0.25) is 5.02 Å². The number of halogens is 1. The number of nitrogens with two attached hydrogens (primary N) is 1. The molecule has 94 valence electrons. The van der Waals surface area contributed by atoms with Gasteiger partial charge in [0.2, 0.25) is 0 Å². The van der Waals surface area contributed by atoms with Gasteiger partial charge >= 0.3 is 0 Å². The van der Waals surface area contributed by atoms with Gasteiger partial charge < -0.3 is 5.73 Å². The molecule has 18 heavy (non-hydrogen) atoms. The van der Waals surface area contributed by atoms with Crippen LogP contribution in [0.1, 0.15) is 5.69 Å². The number of hydrogen-bond acceptors (Lipinski definition) is 5. The number of hydrogen-bond donors (Lipinski definition) is 1. The minimum atomic E-state index is -0.490. The van der Waals surface area contributed by atoms with Gasteiger partial charge in [0.1, 0.15) is 5.69 Å². The Morgan fingerprint density at radius 3 is 2.94 bits per heavy atom. The summed E-state index contributed by atoms with van der Waals surface area (Å²) in [5.41, 5.74) is 6.28. The SMILES string of the molecule is NCCc1cn(-c2cc(Cl)ccc2[N+](=O)[O-])nn1. The molecule has 0 saturated carbocycles. The third kappa shape index (κ3) is 2.47. The summed E-state index contributed by atoms with van der Waals surface area (Å²) in [4.78, 5) is 10.4. The van der Waals surface area contributed by atoms with E-state index in [1.54, 1.807) is 6.20 Å². The third-order valence-electron chi connectivity index (χ3n) is 2.32. The topological polar surface area (TPSA) is 99.9 Å². The summed E-state index contributed by atoms with van der Waals surface area (Å²) in [6.07, 6.45) is 2.17. The predicted molar refractivity (Wildman–Crippen MR) is 65.8 cm³/mol. The smallest absolute Gasteiger partial charge is 0.295 e. The summed E-state index contributed by atoms with van der Waals surface area (Å²) in [6.45, 7) is 0.441. The molecule has 0 aliphatic heterocycles. The molecule has 0 amide bonds. The molecule has 1 heterocycles. The van der Waals surface area contributed by atoms with E-state index in [1.165, 1.54) is 22.9 Å². The number of nitrogens with zero attached hydrogens (tertiary/aromatic N) is 4. The fourth-order valence-electron chi connectivity index (χ4n) is 1.51. The molecule has 2 aromatic rings. The Kier molecular flexibility index (Phi) is 3.54. The molecule has 0 unspecified atom stereocenters. The fourth-order valence-corrected chi connectivity index (χ4v) is 1.68. The van der Waals surface area contributed by atoms with E-state index < -0.39 is 4.92 Å². The molecule has 1 aromatic heterocycles. The van der Waals surface area contributed by atoms with Crippen LogP contribution in [0.4, 0.5) is 5.69 Å². The largest absolute Gasteiger partial charge is 0.330 e. The normalized spacial score (nSPS) is 10.6. The van der Waals surface area contributed by atoms with Gasteiger partial charge in [-0.1, -0.05) is 16.8 Å². The Balaban J connectivity index is 2.47. The number of rotatable bonds is 4. The van der Waals surface area contributed by atoms with Gasteiger partial charge in [-0.25, -0.2) is 4.68 Å². The zero-order valence-corrected chi connectivity index (χ0v) is 10.0. The Hall–Kier alpha value is -1.99. The number of benzene rings is 1. The minimum absolute atomic E-state index is 0.0800. The molecule has 7 nitrogen and oxygen atoms in total. The Labute approximate surface area is 107 Å². The summed E-state index contributed by atoms with van der Waals surface area (Å²) in [6, 6.07) is 4.27. The van der Waals surface area contributed by atoms with Gasteiger partial charge in [0.05, 0.1) is 16.8 Å². The van der Waals surface area contributed by atoms with E-state index in [-0.39, 0.29) is 11.4 Å². The molecule has 0 aliphatic rings. The molecule has 8 heteroatoms. The maximum absolute atomic E-state index is 10.9. The van der Waals surface area contributed by atoms with Crippen LogP contribution in [0.25, 0.3) is 5.69 Å². The second-order valence-electron chi connectivity index (χ2n) is 3.58. The number of aromatic nitrogens is 3. The molecule has 0 aliphatic carbocycles. The molecule has 0 bridgehead atoms. The van der Waals surface area contributed by atoms with Gasteiger partial charge in [0.25, 0.3) is 5.69 Å². The molecule has 2 N–H and O–H groups in total. The first-order valence-electron chi connectivity index (χ1n) is 5.17. The lowest BCUT2D eigenvalue weighted by Crippen LogP contribution is -2.02. The van der Waals surface area contributed by atoms with E-state index >= 15 is 0 Å². The first kappa shape index (κ1) is 12.5. The first-order valence-corrected chi connectivity index (χ1v) is 5.55. The number of nitro benzene ring substituents is 1. The fraction of sp³-hybridized carbons (Fsp3) is 0.200. The van der Waals surface area contributed by atoms with Crippen molar-refractivity contribution < 1.29 is 4.92 Å². The van der Waals surface area contributed by atoms with Crippen LogP contribution in [0.15, 0.2) is 24.4 Å². The first-order chi connectivity index (χ1) is 8.61. The predicted octanol–water partition coefficient (Wildman–Crippen LogP) is 1.33. The maximum Gasteiger partial charge on any atom is 0.295 e. The van der Waals surface area contributed by atoms with E-state index in [4.69, 9.17) is 17.3 Å². The highest BCUT2D eigenvalue weighted by Gasteiger charge is 2.17. The standard InChI is InChI=1S/C10H10ClN5O2/c11-7-1-2-9(16(17)18)10(5-7)15-6-8(3-4-12)13-14-15/h1-2,5-6H,3-4,12H2. The van der Waals surface area contributed by atoms with Gasteiger partial charge in [-0.2, -0.15) is 0 Å². The zero-order valence-electron chi connectivity index (χ0n) is 9.28. The van der Waals surface area contributed by atoms with Crippen molar-refractivity contribution in [2.24, 2.45) is 5.73 Å². The van der Waals surface area contributed by atoms with Crippen LogP contribution in [0, 0.1) is 10.1 Å². The summed E-state index contributed by atoms with van der Waals surface area (Å²) in [7, 11) is 0. The van der Waals surface area contributed by atoms with Crippen molar-refractivity contribution in [3.05, 3.63) is 45.2 Å². The van der Waals surface area contributed by atoms with Crippen LogP contribution < -0.4 is 5.73 Å². The molecule has 0 radical (unpaired) electrons. The van der Waals surface area contributed by atoms with Crippen LogP contribution in [-0.2, 0) is 6.42 Å². The van der Waals surface area contributed by atoms with Crippen molar-refractivity contribution in [1.82, 2.24) is 15.0 Å². The summed E-state index contributed by atoms with van der Waals surface area (Å²) < 4.78 is 1.33. The van der Waals surface area contributed by atoms with Crippen molar-refractivity contribution >= 4 is 17.3 Å².